The van der Waals surface area contributed by atoms with Crippen LogP contribution in [0.25, 0.3) is 0 Å². The largest absolute Gasteiger partial charge is 1.00 e. The van der Waals surface area contributed by atoms with E-state index in [1.165, 1.54) is 82.0 Å². The Balaban J connectivity index is 0.000000216. The van der Waals surface area contributed by atoms with Crippen molar-refractivity contribution in [2.45, 2.75) is 248 Å². The van der Waals surface area contributed by atoms with Gasteiger partial charge in [0, 0.05) is 42.2 Å². The van der Waals surface area contributed by atoms with E-state index in [2.05, 4.69) is 82.8 Å². The van der Waals surface area contributed by atoms with Crippen LogP contribution in [0.4, 0.5) is 4.79 Å². The number of ether oxygens (including phenoxy) is 3. The number of piperidine rings is 2. The summed E-state index contributed by atoms with van der Waals surface area (Å²) in [6.07, 6.45) is 23.7. The summed E-state index contributed by atoms with van der Waals surface area (Å²) in [5, 5.41) is 45.9. The van der Waals surface area contributed by atoms with Crippen LogP contribution in [0.5, 0.6) is 0 Å². The Morgan fingerprint density at radius 1 is 0.750 bits per heavy atom. The van der Waals surface area contributed by atoms with E-state index >= 15 is 0 Å². The summed E-state index contributed by atoms with van der Waals surface area (Å²) in [6.45, 7) is 22.6. The number of fused-ring (bicyclic) bond motifs is 12. The molecular formula is C68H107ClN5NaO9. The van der Waals surface area contributed by atoms with Gasteiger partial charge < -0.3 is 50.0 Å². The van der Waals surface area contributed by atoms with Crippen molar-refractivity contribution in [2.75, 3.05) is 13.1 Å². The molecule has 6 saturated carbocycles. The number of carboxylic acids is 1. The van der Waals surface area contributed by atoms with Crippen LogP contribution in [-0.2, 0) is 25.6 Å². The van der Waals surface area contributed by atoms with Gasteiger partial charge in [-0.3, -0.25) is 0 Å². The van der Waals surface area contributed by atoms with Crippen LogP contribution in [0.15, 0.2) is 62.9 Å². The van der Waals surface area contributed by atoms with Crippen LogP contribution in [0.1, 0.15) is 211 Å². The van der Waals surface area contributed by atoms with Crippen molar-refractivity contribution in [3.05, 3.63) is 58.2 Å². The van der Waals surface area contributed by atoms with Crippen molar-refractivity contribution in [3.63, 3.8) is 0 Å². The molecular weight excluding hydrogens is 1090 g/mol. The Kier molecular flexibility index (Phi) is 23.1. The molecule has 8 aliphatic carbocycles. The van der Waals surface area contributed by atoms with Gasteiger partial charge >= 0.3 is 35.7 Å². The smallest absolute Gasteiger partial charge is 0.550 e. The molecule has 4 aliphatic heterocycles. The Morgan fingerprint density at radius 3 is 1.73 bits per heavy atom. The number of nitrogens with zero attached hydrogens (tertiary/aromatic N) is 3. The van der Waals surface area contributed by atoms with Gasteiger partial charge in [-0.15, -0.1) is 5.00 Å². The summed E-state index contributed by atoms with van der Waals surface area (Å²) in [7, 11) is 0. The number of amides is 1. The topological polar surface area (TPSA) is 198 Å². The maximum Gasteiger partial charge on any atom is 1.00 e. The summed E-state index contributed by atoms with van der Waals surface area (Å²) >= 11 is 4.30. The average Bonchev–Trinajstić information content (AvgIpc) is 4.32. The molecule has 1 aromatic carbocycles. The molecule has 0 radical (unpaired) electrons. The van der Waals surface area contributed by atoms with E-state index in [1.807, 2.05) is 40.8 Å². The van der Waals surface area contributed by atoms with Gasteiger partial charge in [-0.1, -0.05) is 119 Å². The Morgan fingerprint density at radius 2 is 1.23 bits per heavy atom. The molecule has 20 atom stereocenters. The number of allylic oxidation sites excluding steroid dienone is 2. The number of halogens is 1. The molecule has 14 nitrogen and oxygen atoms in total. The summed E-state index contributed by atoms with van der Waals surface area (Å²) < 4.78 is 20.1. The molecule has 0 bridgehead atoms. The molecule has 0 unspecified atom stereocenters. The maximum absolute atomic E-state index is 13.5. The number of likely N-dealkylation sites (tertiary alicyclic amines) is 1. The summed E-state index contributed by atoms with van der Waals surface area (Å²) in [6, 6.07) is 10.6. The van der Waals surface area contributed by atoms with Crippen LogP contribution >= 0.6 is 11.8 Å². The Labute approximate surface area is 532 Å². The molecule has 1 aromatic rings. The molecule has 466 valence electrons. The fourth-order valence-electron chi connectivity index (χ4n) is 20.7. The number of hydrogen-bond donors (Lipinski definition) is 5. The monoisotopic (exact) mass is 1200 g/mol. The van der Waals surface area contributed by atoms with Gasteiger partial charge in [-0.2, -0.15) is 0 Å². The van der Waals surface area contributed by atoms with Crippen molar-refractivity contribution in [2.24, 2.45) is 92.2 Å². The van der Waals surface area contributed by atoms with Crippen molar-refractivity contribution in [3.8, 4) is 0 Å². The molecule has 4 saturated heterocycles. The molecule has 10 fully saturated rings. The van der Waals surface area contributed by atoms with Gasteiger partial charge in [-0.25, -0.2) is 4.79 Å². The number of carbonyl (C=O) groups is 2. The van der Waals surface area contributed by atoms with Crippen molar-refractivity contribution >= 4 is 35.3 Å². The fourth-order valence-corrected chi connectivity index (χ4v) is 20.7. The minimum atomic E-state index is -1.08. The quantitative estimate of drug-likeness (QED) is 0.0621. The zero-order valence-corrected chi connectivity index (χ0v) is 54.2. The number of carbonyl (C=O) groups excluding carboxylic acids is 2. The second-order valence-electron chi connectivity index (χ2n) is 28.9. The number of rotatable bonds is 2. The number of nitrogens with one attached hydrogen (secondary N) is 2. The third-order valence-corrected chi connectivity index (χ3v) is 24.8. The van der Waals surface area contributed by atoms with E-state index in [4.69, 9.17) is 29.3 Å². The average molecular weight is 1200 g/mol. The number of aliphatic carboxylic acids is 1. The Hall–Kier alpha value is -2.53. The van der Waals surface area contributed by atoms with Gasteiger partial charge in [0.25, 0.3) is 0 Å². The number of benzene rings is 1. The van der Waals surface area contributed by atoms with Gasteiger partial charge in [0.15, 0.2) is 0 Å². The van der Waals surface area contributed by atoms with Crippen molar-refractivity contribution in [1.82, 2.24) is 15.2 Å². The van der Waals surface area contributed by atoms with Crippen LogP contribution in [0.3, 0.4) is 0 Å². The molecule has 0 aromatic heterocycles. The summed E-state index contributed by atoms with van der Waals surface area (Å²) in [5.41, 5.74) is 10.5. The van der Waals surface area contributed by atoms with Crippen molar-refractivity contribution < 1.29 is 74.1 Å². The Bertz CT molecular complexity index is 2560. The predicted octanol–water partition coefficient (Wildman–Crippen LogP) is 11.1. The standard InChI is InChI=1S/C36H50N2O4.C28H44N2O2.C2H4O2.2CH4.ClH2NO.Na/c1-22-16-32-33(38(20-22)34(39)41-21-25-8-6-5-7-9-25)24(3)36(42-32)15-13-28-29-11-10-26-17-27(37-40)12-14-35(26,4)31(29)18-30(28)23(2)19-36;1-16-11-25-26(29-15-16)18(3)28(32-25)10-8-21-22-6-5-19-12-20(30-31)7-9-27(19,4)24(22)13-23(21)17(2)14-28;1-2(3)4;;;1-2-3;/h5-9,22,24,26,28-29,31-33,40H,10-21H2,1-4H3;16,18-19,21-22,24-26,29,31H,5-15H2,1-4H3;1H3,(H,3,4);2*1H4;2-3H;/q;;;;;;+1/p-1/t22-,24+,26+,28-,29-,31-,32+,33-,35-,36-;16-,18+,19+,21-,22-,24-,25+,26-,27-,28-;;;;;/m00...../s1. The predicted molar refractivity (Wildman–Crippen MR) is 326 cm³/mol. The molecule has 84 heavy (non-hydrogen) atoms. The molecule has 16 heteroatoms. The molecule has 1 amide bonds. The number of oxime groups is 2. The van der Waals surface area contributed by atoms with Crippen LogP contribution in [-0.4, -0.2) is 92.6 Å². The van der Waals surface area contributed by atoms with E-state index < -0.39 is 5.97 Å². The fraction of sp³-hybridized carbons (Fsp3) is 0.794. The van der Waals surface area contributed by atoms with Crippen LogP contribution in [0.2, 0.25) is 0 Å². The third-order valence-electron chi connectivity index (χ3n) is 24.8. The second kappa shape index (κ2) is 28.1. The molecule has 5 N–H and O–H groups in total. The van der Waals surface area contributed by atoms with Gasteiger partial charge in [0.1, 0.15) is 6.61 Å². The summed E-state index contributed by atoms with van der Waals surface area (Å²) in [4.78, 5) is 25.7. The minimum Gasteiger partial charge on any atom is -0.550 e. The van der Waals surface area contributed by atoms with E-state index in [9.17, 15) is 15.2 Å². The molecule has 4 heterocycles. The molecule has 2 spiro atoms. The zero-order valence-electron chi connectivity index (χ0n) is 51.4. The number of hydrogen-bond acceptors (Lipinski definition) is 13. The normalized spacial score (nSPS) is 43.1. The van der Waals surface area contributed by atoms with Gasteiger partial charge in [-0.05, 0) is 231 Å². The van der Waals surface area contributed by atoms with Crippen LogP contribution < -0.4 is 45.0 Å². The van der Waals surface area contributed by atoms with Crippen molar-refractivity contribution in [1.29, 1.82) is 0 Å². The zero-order chi connectivity index (χ0) is 57.8. The van der Waals surface area contributed by atoms with Gasteiger partial charge in [0.05, 0.1) is 40.9 Å². The minimum absolute atomic E-state index is 0. The van der Waals surface area contributed by atoms with E-state index in [0.29, 0.717) is 59.2 Å². The van der Waals surface area contributed by atoms with Crippen LogP contribution in [0, 0.1) is 81.8 Å². The number of carboxylic acid groups (broad SMARTS) is 1. The second-order valence-corrected chi connectivity index (χ2v) is 29.1. The van der Waals surface area contributed by atoms with E-state index in [-0.39, 0.29) is 79.8 Å². The van der Waals surface area contributed by atoms with E-state index in [1.54, 1.807) is 16.7 Å². The first kappa shape index (κ1) is 69.0. The first-order valence-corrected chi connectivity index (χ1v) is 32.1. The first-order chi connectivity index (χ1) is 38.7. The van der Waals surface area contributed by atoms with E-state index in [0.717, 1.165) is 124 Å². The maximum atomic E-state index is 13.5. The third kappa shape index (κ3) is 13.1. The van der Waals surface area contributed by atoms with Gasteiger partial charge in [0.2, 0.25) is 0 Å². The first-order valence-electron chi connectivity index (χ1n) is 31.7. The molecule has 12 aliphatic rings. The SMILES string of the molecule is C.C.CC(=O)[O-].CC1=C2C[C@H]3[C@@H](CC[C@@H]4CC(=NO)CC[C@@]43C)[C@@H]2CC[C@@]2(C1)O[C@@H]1C[C@H](C)CN(C(=O)OCc3ccccc3)[C@H]1[C@H]2C.CC1=C2C[C@H]3[C@@H](CC[C@@H]4CC(=NO)CC[C@@]43C)[C@@H]2CC[C@@]2(C1)O[C@@H]1C[C@H](C)CN[C@H]1[C@H]2C.ONCl.[Na+]. The summed E-state index contributed by atoms with van der Waals surface area (Å²) in [5.74, 6) is 6.95. The molecule has 13 rings (SSSR count).